The summed E-state index contributed by atoms with van der Waals surface area (Å²) in [6.07, 6.45) is 3.94. The Kier molecular flexibility index (Phi) is 4.44. The molecule has 2 aromatic rings. The third-order valence-electron chi connectivity index (χ3n) is 2.66. The molecule has 1 unspecified atom stereocenters. The maximum Gasteiger partial charge on any atom is 0.328 e. The summed E-state index contributed by atoms with van der Waals surface area (Å²) < 4.78 is 1.17. The third-order valence-corrected chi connectivity index (χ3v) is 3.15. The van der Waals surface area contributed by atoms with Gasteiger partial charge < -0.3 is 10.4 Å². The van der Waals surface area contributed by atoms with Crippen molar-refractivity contribution in [3.63, 3.8) is 0 Å². The number of nitrogens with one attached hydrogen (secondary N) is 1. The van der Waals surface area contributed by atoms with E-state index in [-0.39, 0.29) is 16.4 Å². The third kappa shape index (κ3) is 3.50. The van der Waals surface area contributed by atoms with Crippen molar-refractivity contribution in [1.29, 1.82) is 0 Å². The van der Waals surface area contributed by atoms with Gasteiger partial charge >= 0.3 is 5.97 Å². The molecule has 1 atom stereocenters. The van der Waals surface area contributed by atoms with Crippen LogP contribution in [0.4, 0.5) is 5.82 Å². The van der Waals surface area contributed by atoms with Gasteiger partial charge in [0, 0.05) is 12.4 Å². The van der Waals surface area contributed by atoms with E-state index in [1.165, 1.54) is 36.3 Å². The molecule has 0 saturated carbocycles. The van der Waals surface area contributed by atoms with E-state index in [1.54, 1.807) is 0 Å². The van der Waals surface area contributed by atoms with Gasteiger partial charge in [0.1, 0.15) is 6.04 Å². The molecule has 0 aliphatic rings. The van der Waals surface area contributed by atoms with Crippen molar-refractivity contribution in [2.75, 3.05) is 5.32 Å². The Labute approximate surface area is 129 Å². The van der Waals surface area contributed by atoms with Crippen LogP contribution in [0.2, 0.25) is 10.0 Å². The fourth-order valence-electron chi connectivity index (χ4n) is 1.47. The minimum atomic E-state index is -1.05. The minimum Gasteiger partial charge on any atom is -0.480 e. The van der Waals surface area contributed by atoms with E-state index in [4.69, 9.17) is 28.3 Å². The van der Waals surface area contributed by atoms with Crippen molar-refractivity contribution in [1.82, 2.24) is 14.8 Å². The number of rotatable bonds is 4. The van der Waals surface area contributed by atoms with Gasteiger partial charge in [-0.15, -0.1) is 0 Å². The standard InChI is InChI=1S/C12H10Cl2N4O3/c1-6(12(20)21)18-5-7(3-16-18)11(19)17-10-9(14)2-8(13)4-15-10/h2-6H,1H3,(H,20,21)(H,15,17,19). The van der Waals surface area contributed by atoms with Crippen LogP contribution in [-0.2, 0) is 4.79 Å². The summed E-state index contributed by atoms with van der Waals surface area (Å²) in [7, 11) is 0. The summed E-state index contributed by atoms with van der Waals surface area (Å²) in [5.74, 6) is -1.40. The van der Waals surface area contributed by atoms with Crippen LogP contribution < -0.4 is 5.32 Å². The van der Waals surface area contributed by atoms with Crippen molar-refractivity contribution in [3.05, 3.63) is 40.3 Å². The van der Waals surface area contributed by atoms with Gasteiger partial charge in [0.15, 0.2) is 5.82 Å². The topological polar surface area (TPSA) is 97.1 Å². The van der Waals surface area contributed by atoms with Crippen molar-refractivity contribution in [3.8, 4) is 0 Å². The monoisotopic (exact) mass is 328 g/mol. The molecule has 21 heavy (non-hydrogen) atoms. The lowest BCUT2D eigenvalue weighted by Gasteiger charge is -2.06. The molecule has 0 aromatic carbocycles. The summed E-state index contributed by atoms with van der Waals surface area (Å²) in [6.45, 7) is 1.45. The Morgan fingerprint density at radius 3 is 2.71 bits per heavy atom. The lowest BCUT2D eigenvalue weighted by molar-refractivity contribution is -0.140. The highest BCUT2D eigenvalue weighted by atomic mass is 35.5. The van der Waals surface area contributed by atoms with Crippen LogP contribution in [-0.4, -0.2) is 31.7 Å². The molecule has 0 radical (unpaired) electrons. The number of aromatic nitrogens is 3. The highest BCUT2D eigenvalue weighted by molar-refractivity contribution is 6.36. The van der Waals surface area contributed by atoms with Gasteiger partial charge in [-0.2, -0.15) is 5.10 Å². The molecule has 110 valence electrons. The predicted octanol–water partition coefficient (Wildman–Crippen LogP) is 2.48. The Morgan fingerprint density at radius 2 is 2.10 bits per heavy atom. The molecule has 0 bridgehead atoms. The second-order valence-electron chi connectivity index (χ2n) is 4.16. The Hall–Kier alpha value is -2.12. The number of nitrogens with zero attached hydrogens (tertiary/aromatic N) is 3. The highest BCUT2D eigenvalue weighted by Crippen LogP contribution is 2.23. The first-order chi connectivity index (χ1) is 9.88. The number of carbonyl (C=O) groups excluding carboxylic acids is 1. The number of pyridine rings is 1. The molecular weight excluding hydrogens is 319 g/mol. The normalized spacial score (nSPS) is 12.0. The van der Waals surface area contributed by atoms with Crippen LogP contribution in [0, 0.1) is 0 Å². The lowest BCUT2D eigenvalue weighted by atomic mass is 10.3. The largest absolute Gasteiger partial charge is 0.480 e. The van der Waals surface area contributed by atoms with Crippen LogP contribution >= 0.6 is 23.2 Å². The first-order valence-electron chi connectivity index (χ1n) is 5.78. The molecule has 0 aliphatic heterocycles. The predicted molar refractivity (Wildman–Crippen MR) is 76.8 cm³/mol. The van der Waals surface area contributed by atoms with E-state index in [9.17, 15) is 9.59 Å². The number of carboxylic acids is 1. The summed E-state index contributed by atoms with van der Waals surface area (Å²) in [4.78, 5) is 26.8. The van der Waals surface area contributed by atoms with Gasteiger partial charge in [0.2, 0.25) is 0 Å². The zero-order valence-electron chi connectivity index (χ0n) is 10.7. The minimum absolute atomic E-state index is 0.157. The lowest BCUT2D eigenvalue weighted by Crippen LogP contribution is -2.16. The van der Waals surface area contributed by atoms with Crippen molar-refractivity contribution in [2.45, 2.75) is 13.0 Å². The van der Waals surface area contributed by atoms with E-state index < -0.39 is 17.9 Å². The van der Waals surface area contributed by atoms with E-state index in [1.807, 2.05) is 0 Å². The molecule has 9 heteroatoms. The molecule has 2 rings (SSSR count). The molecule has 2 aromatic heterocycles. The molecule has 7 nitrogen and oxygen atoms in total. The molecule has 0 saturated heterocycles. The number of halogens is 2. The van der Waals surface area contributed by atoms with E-state index in [0.717, 1.165) is 0 Å². The SMILES string of the molecule is CC(C(=O)O)n1cc(C(=O)Nc2ncc(Cl)cc2Cl)cn1. The zero-order valence-corrected chi connectivity index (χ0v) is 12.3. The zero-order chi connectivity index (χ0) is 15.6. The fourth-order valence-corrected chi connectivity index (χ4v) is 1.89. The van der Waals surface area contributed by atoms with Crippen LogP contribution in [0.15, 0.2) is 24.7 Å². The van der Waals surface area contributed by atoms with Crippen LogP contribution in [0.5, 0.6) is 0 Å². The average molecular weight is 329 g/mol. The van der Waals surface area contributed by atoms with Crippen LogP contribution in [0.25, 0.3) is 0 Å². The first kappa shape index (κ1) is 15.3. The number of hydrogen-bond donors (Lipinski definition) is 2. The average Bonchev–Trinajstić information content (AvgIpc) is 2.90. The smallest absolute Gasteiger partial charge is 0.328 e. The van der Waals surface area contributed by atoms with E-state index in [2.05, 4.69) is 15.4 Å². The second kappa shape index (κ2) is 6.11. The quantitative estimate of drug-likeness (QED) is 0.898. The first-order valence-corrected chi connectivity index (χ1v) is 6.53. The molecule has 0 fully saturated rings. The highest BCUT2D eigenvalue weighted by Gasteiger charge is 2.17. The summed E-state index contributed by atoms with van der Waals surface area (Å²) in [5, 5.41) is 15.8. The number of aliphatic carboxylic acids is 1. The summed E-state index contributed by atoms with van der Waals surface area (Å²) in [6, 6.07) is 0.575. The van der Waals surface area contributed by atoms with Gasteiger partial charge in [-0.1, -0.05) is 23.2 Å². The molecular formula is C12H10Cl2N4O3. The van der Waals surface area contributed by atoms with Crippen molar-refractivity contribution in [2.24, 2.45) is 0 Å². The van der Waals surface area contributed by atoms with Crippen molar-refractivity contribution < 1.29 is 14.7 Å². The van der Waals surface area contributed by atoms with E-state index >= 15 is 0 Å². The molecule has 1 amide bonds. The number of carbonyl (C=O) groups is 2. The molecule has 2 heterocycles. The van der Waals surface area contributed by atoms with Crippen molar-refractivity contribution >= 4 is 40.9 Å². The maximum atomic E-state index is 12.0. The van der Waals surface area contributed by atoms with E-state index in [0.29, 0.717) is 5.02 Å². The number of hydrogen-bond acceptors (Lipinski definition) is 4. The van der Waals surface area contributed by atoms with Gasteiger partial charge in [0.05, 0.1) is 21.8 Å². The molecule has 0 aliphatic carbocycles. The number of anilines is 1. The summed E-state index contributed by atoms with van der Waals surface area (Å²) in [5.41, 5.74) is 0.191. The second-order valence-corrected chi connectivity index (χ2v) is 5.00. The Bertz CT molecular complexity index is 702. The Balaban J connectivity index is 2.15. The van der Waals surface area contributed by atoms with Gasteiger partial charge in [-0.3, -0.25) is 9.48 Å². The fraction of sp³-hybridized carbons (Fsp3) is 0.167. The Morgan fingerprint density at radius 1 is 1.38 bits per heavy atom. The van der Waals surface area contributed by atoms with Gasteiger partial charge in [-0.05, 0) is 13.0 Å². The van der Waals surface area contributed by atoms with Crippen LogP contribution in [0.1, 0.15) is 23.3 Å². The van der Waals surface area contributed by atoms with Gasteiger partial charge in [0.25, 0.3) is 5.91 Å². The maximum absolute atomic E-state index is 12.0. The summed E-state index contributed by atoms with van der Waals surface area (Å²) >= 11 is 11.6. The molecule has 2 N–H and O–H groups in total. The number of amides is 1. The molecule has 0 spiro atoms. The van der Waals surface area contributed by atoms with Crippen LogP contribution in [0.3, 0.4) is 0 Å². The number of carboxylic acid groups (broad SMARTS) is 1. The van der Waals surface area contributed by atoms with Gasteiger partial charge in [-0.25, -0.2) is 9.78 Å².